The molecule has 1 aromatic rings. The van der Waals surface area contributed by atoms with E-state index in [2.05, 4.69) is 20.9 Å². The van der Waals surface area contributed by atoms with Crippen LogP contribution in [0, 0.1) is 0 Å². The van der Waals surface area contributed by atoms with Crippen molar-refractivity contribution in [2.45, 2.75) is 75.7 Å². The molecule has 2 heterocycles. The van der Waals surface area contributed by atoms with Crippen LogP contribution in [0.1, 0.15) is 61.7 Å². The van der Waals surface area contributed by atoms with Gasteiger partial charge in [0, 0.05) is 25.3 Å². The lowest BCUT2D eigenvalue weighted by Gasteiger charge is -2.42. The van der Waals surface area contributed by atoms with Crippen LogP contribution >= 0.6 is 0 Å². The van der Waals surface area contributed by atoms with Gasteiger partial charge in [-0.1, -0.05) is 12.8 Å². The summed E-state index contributed by atoms with van der Waals surface area (Å²) in [6, 6.07) is 4.94. The monoisotopic (exact) mass is 515 g/mol. The summed E-state index contributed by atoms with van der Waals surface area (Å²) in [5.74, 6) is 0.271. The van der Waals surface area contributed by atoms with Crippen molar-refractivity contribution in [2.75, 3.05) is 46.2 Å². The van der Waals surface area contributed by atoms with Gasteiger partial charge < -0.3 is 35.2 Å². The summed E-state index contributed by atoms with van der Waals surface area (Å²) in [5, 5.41) is 8.82. The van der Waals surface area contributed by atoms with Gasteiger partial charge in [-0.25, -0.2) is 4.79 Å². The number of fused-ring (bicyclic) bond motifs is 2. The standard InChI is InChI=1S/C27H41N5O5/c1-31(2)14-6-13-28-25(33)16-20-10-11-22-24(37-20)17-36-23-12-9-19(15-21(23)26(34)32(22)3)30-27(35)29-18-7-4-5-8-18/h9,12,15,18,20,22,24H,4-8,10-11,13-14,16-17H2,1-3H3,(H,28,33)(H2,29,30,35)/t20-,22+,24-/m1/s1. The molecule has 204 valence electrons. The Morgan fingerprint density at radius 2 is 1.92 bits per heavy atom. The van der Waals surface area contributed by atoms with E-state index in [1.54, 1.807) is 30.1 Å². The molecule has 3 atom stereocenters. The van der Waals surface area contributed by atoms with Gasteiger partial charge in [0.15, 0.2) is 0 Å². The van der Waals surface area contributed by atoms with E-state index in [0.717, 1.165) is 45.1 Å². The van der Waals surface area contributed by atoms with Crippen LogP contribution in [-0.4, -0.2) is 92.8 Å². The SMILES string of the molecule is CN(C)CCCNC(=O)C[C@H]1CC[C@H]2[C@@H](COc3ccc(NC(=O)NC4CCCC4)cc3C(=O)N2C)O1. The molecule has 3 aliphatic rings. The molecule has 2 fully saturated rings. The molecule has 10 nitrogen and oxygen atoms in total. The number of hydrogen-bond donors (Lipinski definition) is 3. The number of benzene rings is 1. The topological polar surface area (TPSA) is 112 Å². The van der Waals surface area contributed by atoms with Crippen LogP contribution in [0.3, 0.4) is 0 Å². The fourth-order valence-corrected chi connectivity index (χ4v) is 5.43. The van der Waals surface area contributed by atoms with Crippen molar-refractivity contribution in [3.8, 4) is 5.75 Å². The maximum absolute atomic E-state index is 13.4. The second kappa shape index (κ2) is 12.6. The summed E-state index contributed by atoms with van der Waals surface area (Å²) in [6.45, 7) is 1.85. The van der Waals surface area contributed by atoms with Crippen LogP contribution in [-0.2, 0) is 9.53 Å². The Morgan fingerprint density at radius 3 is 2.68 bits per heavy atom. The predicted octanol–water partition coefficient (Wildman–Crippen LogP) is 2.59. The molecule has 0 bridgehead atoms. The van der Waals surface area contributed by atoms with Crippen molar-refractivity contribution < 1.29 is 23.9 Å². The molecular formula is C27H41N5O5. The fraction of sp³-hybridized carbons (Fsp3) is 0.667. The van der Waals surface area contributed by atoms with Crippen LogP contribution < -0.4 is 20.7 Å². The van der Waals surface area contributed by atoms with Gasteiger partial charge in [-0.05, 0) is 70.9 Å². The minimum atomic E-state index is -0.322. The molecule has 37 heavy (non-hydrogen) atoms. The molecule has 4 amide bonds. The number of carbonyl (C=O) groups is 3. The molecular weight excluding hydrogens is 474 g/mol. The number of nitrogens with one attached hydrogen (secondary N) is 3. The maximum Gasteiger partial charge on any atom is 0.319 e. The predicted molar refractivity (Wildman–Crippen MR) is 141 cm³/mol. The van der Waals surface area contributed by atoms with Crippen molar-refractivity contribution in [2.24, 2.45) is 0 Å². The molecule has 0 spiro atoms. The minimum absolute atomic E-state index is 0.0132. The van der Waals surface area contributed by atoms with E-state index >= 15 is 0 Å². The van der Waals surface area contributed by atoms with Gasteiger partial charge in [0.2, 0.25) is 5.91 Å². The lowest BCUT2D eigenvalue weighted by atomic mass is 9.94. The molecule has 2 aliphatic heterocycles. The van der Waals surface area contributed by atoms with E-state index < -0.39 is 0 Å². The van der Waals surface area contributed by atoms with Gasteiger partial charge in [-0.2, -0.15) is 0 Å². The third kappa shape index (κ3) is 7.35. The van der Waals surface area contributed by atoms with Gasteiger partial charge in [-0.3, -0.25) is 9.59 Å². The molecule has 0 unspecified atom stereocenters. The van der Waals surface area contributed by atoms with Crippen LogP contribution in [0.5, 0.6) is 5.75 Å². The Hall–Kier alpha value is -2.85. The van der Waals surface area contributed by atoms with Crippen LogP contribution in [0.4, 0.5) is 10.5 Å². The zero-order valence-electron chi connectivity index (χ0n) is 22.3. The van der Waals surface area contributed by atoms with Crippen molar-refractivity contribution in [1.29, 1.82) is 0 Å². The summed E-state index contributed by atoms with van der Waals surface area (Å²) in [5.41, 5.74) is 0.965. The number of ether oxygens (including phenoxy) is 2. The number of carbonyl (C=O) groups excluding carboxylic acids is 3. The molecule has 3 N–H and O–H groups in total. The lowest BCUT2D eigenvalue weighted by Crippen LogP contribution is -2.54. The highest BCUT2D eigenvalue weighted by Gasteiger charge is 2.39. The second-order valence-electron chi connectivity index (χ2n) is 10.7. The smallest absolute Gasteiger partial charge is 0.319 e. The normalized spacial score (nSPS) is 23.9. The Morgan fingerprint density at radius 1 is 1.14 bits per heavy atom. The molecule has 1 saturated heterocycles. The molecule has 0 radical (unpaired) electrons. The van der Waals surface area contributed by atoms with Crippen LogP contribution in [0.15, 0.2) is 18.2 Å². The highest BCUT2D eigenvalue weighted by molar-refractivity contribution is 5.99. The Labute approximate surface area is 219 Å². The van der Waals surface area contributed by atoms with Gasteiger partial charge in [0.1, 0.15) is 18.5 Å². The summed E-state index contributed by atoms with van der Waals surface area (Å²) >= 11 is 0. The average Bonchev–Trinajstić information content (AvgIpc) is 3.37. The van der Waals surface area contributed by atoms with Gasteiger partial charge in [-0.15, -0.1) is 0 Å². The number of urea groups is 1. The first-order valence-corrected chi connectivity index (χ1v) is 13.5. The maximum atomic E-state index is 13.4. The Balaban J connectivity index is 1.34. The Kier molecular flexibility index (Phi) is 9.26. The number of nitrogens with zero attached hydrogens (tertiary/aromatic N) is 2. The average molecular weight is 516 g/mol. The van der Waals surface area contributed by atoms with Crippen molar-refractivity contribution in [1.82, 2.24) is 20.4 Å². The molecule has 4 rings (SSSR count). The summed E-state index contributed by atoms with van der Waals surface area (Å²) < 4.78 is 12.3. The second-order valence-corrected chi connectivity index (χ2v) is 10.7. The van der Waals surface area contributed by atoms with Crippen molar-refractivity contribution in [3.63, 3.8) is 0 Å². The summed E-state index contributed by atoms with van der Waals surface area (Å²) in [6.07, 6.45) is 6.38. The van der Waals surface area contributed by atoms with Gasteiger partial charge in [0.25, 0.3) is 5.91 Å². The molecule has 10 heteroatoms. The van der Waals surface area contributed by atoms with Crippen LogP contribution in [0.2, 0.25) is 0 Å². The number of amides is 4. The van der Waals surface area contributed by atoms with E-state index in [4.69, 9.17) is 9.47 Å². The van der Waals surface area contributed by atoms with E-state index in [9.17, 15) is 14.4 Å². The molecule has 1 aromatic carbocycles. The number of hydrogen-bond acceptors (Lipinski definition) is 6. The van der Waals surface area contributed by atoms with Crippen molar-refractivity contribution in [3.05, 3.63) is 23.8 Å². The van der Waals surface area contributed by atoms with Gasteiger partial charge in [0.05, 0.1) is 24.1 Å². The highest BCUT2D eigenvalue weighted by atomic mass is 16.5. The fourth-order valence-electron chi connectivity index (χ4n) is 5.43. The zero-order chi connectivity index (χ0) is 26.4. The molecule has 0 aromatic heterocycles. The number of anilines is 1. The molecule has 1 saturated carbocycles. The van der Waals surface area contributed by atoms with E-state index in [1.165, 1.54) is 0 Å². The van der Waals surface area contributed by atoms with Crippen molar-refractivity contribution >= 4 is 23.5 Å². The van der Waals surface area contributed by atoms with E-state index in [-0.39, 0.29) is 48.7 Å². The number of likely N-dealkylation sites (N-methyl/N-ethyl adjacent to an activating group) is 1. The third-order valence-electron chi connectivity index (χ3n) is 7.48. The van der Waals surface area contributed by atoms with Crippen LogP contribution in [0.25, 0.3) is 0 Å². The Bertz CT molecular complexity index is 965. The quantitative estimate of drug-likeness (QED) is 0.459. The first-order valence-electron chi connectivity index (χ1n) is 13.5. The first-order chi connectivity index (χ1) is 17.8. The third-order valence-corrected chi connectivity index (χ3v) is 7.48. The largest absolute Gasteiger partial charge is 0.490 e. The zero-order valence-corrected chi connectivity index (χ0v) is 22.3. The molecule has 1 aliphatic carbocycles. The summed E-state index contributed by atoms with van der Waals surface area (Å²) in [7, 11) is 5.80. The van der Waals surface area contributed by atoms with E-state index in [1.807, 2.05) is 14.1 Å². The van der Waals surface area contributed by atoms with E-state index in [0.29, 0.717) is 36.4 Å². The minimum Gasteiger partial charge on any atom is -0.490 e. The lowest BCUT2D eigenvalue weighted by molar-refractivity contribution is -0.134. The number of rotatable bonds is 8. The van der Waals surface area contributed by atoms with Gasteiger partial charge >= 0.3 is 6.03 Å². The highest BCUT2D eigenvalue weighted by Crippen LogP contribution is 2.32. The summed E-state index contributed by atoms with van der Waals surface area (Å²) in [4.78, 5) is 42.0. The first kappa shape index (κ1) is 27.2.